The van der Waals surface area contributed by atoms with Crippen LogP contribution in [0.15, 0.2) is 42.7 Å². The minimum atomic E-state index is 0.0627. The third-order valence-corrected chi connectivity index (χ3v) is 4.86. The lowest BCUT2D eigenvalue weighted by Crippen LogP contribution is -2.39. The number of nitrogens with two attached hydrogens (primary N) is 1. The fourth-order valence-electron chi connectivity index (χ4n) is 3.51. The molecule has 132 valence electrons. The van der Waals surface area contributed by atoms with Crippen molar-refractivity contribution in [1.82, 2.24) is 19.9 Å². The molecule has 1 fully saturated rings. The Kier molecular flexibility index (Phi) is 4.24. The van der Waals surface area contributed by atoms with Crippen LogP contribution >= 0.6 is 0 Å². The van der Waals surface area contributed by atoms with Crippen molar-refractivity contribution >= 4 is 22.8 Å². The maximum absolute atomic E-state index is 13.2. The number of rotatable bonds is 2. The summed E-state index contributed by atoms with van der Waals surface area (Å²) in [6.45, 7) is 3.80. The third kappa shape index (κ3) is 3.10. The smallest absolute Gasteiger partial charge is 0.254 e. The minimum Gasteiger partial charge on any atom is -0.368 e. The highest BCUT2D eigenvalue weighted by atomic mass is 16.2. The zero-order valence-electron chi connectivity index (χ0n) is 14.7. The molecule has 0 radical (unpaired) electrons. The van der Waals surface area contributed by atoms with Crippen molar-refractivity contribution in [3.63, 3.8) is 0 Å². The van der Waals surface area contributed by atoms with Crippen LogP contribution < -0.4 is 5.73 Å². The molecule has 6 nitrogen and oxygen atoms in total. The standard InChI is InChI=1S/C20H21N5O/c1-13-5-4-8-25(12-13)19(26)16-9-18(14-10-22-20(21)23-11-14)24-17-7-3-2-6-15(16)17/h2-3,6-7,9-11,13H,4-5,8,12H2,1H3,(H2,21,22,23)/t13-/m1/s1. The second-order valence-electron chi connectivity index (χ2n) is 6.90. The predicted octanol–water partition coefficient (Wildman–Crippen LogP) is 3.15. The van der Waals surface area contributed by atoms with E-state index >= 15 is 0 Å². The average molecular weight is 347 g/mol. The Morgan fingerprint density at radius 2 is 2.00 bits per heavy atom. The number of anilines is 1. The summed E-state index contributed by atoms with van der Waals surface area (Å²) >= 11 is 0. The lowest BCUT2D eigenvalue weighted by atomic mass is 9.98. The highest BCUT2D eigenvalue weighted by Gasteiger charge is 2.24. The summed E-state index contributed by atoms with van der Waals surface area (Å²) in [6.07, 6.45) is 5.50. The van der Waals surface area contributed by atoms with Crippen LogP contribution in [0, 0.1) is 5.92 Å². The van der Waals surface area contributed by atoms with E-state index in [-0.39, 0.29) is 11.9 Å². The Bertz CT molecular complexity index is 954. The van der Waals surface area contributed by atoms with Crippen molar-refractivity contribution in [2.75, 3.05) is 18.8 Å². The first-order valence-corrected chi connectivity index (χ1v) is 8.89. The number of para-hydroxylation sites is 1. The van der Waals surface area contributed by atoms with E-state index in [2.05, 4.69) is 21.9 Å². The molecule has 1 aliphatic rings. The summed E-state index contributed by atoms with van der Waals surface area (Å²) in [6, 6.07) is 9.58. The number of pyridine rings is 1. The van der Waals surface area contributed by atoms with E-state index in [4.69, 9.17) is 5.73 Å². The van der Waals surface area contributed by atoms with Gasteiger partial charge in [0, 0.05) is 36.4 Å². The van der Waals surface area contributed by atoms with Gasteiger partial charge in [0.1, 0.15) is 0 Å². The van der Waals surface area contributed by atoms with Crippen LogP contribution in [0.4, 0.5) is 5.95 Å². The number of likely N-dealkylation sites (tertiary alicyclic amines) is 1. The van der Waals surface area contributed by atoms with Crippen LogP contribution in [0.5, 0.6) is 0 Å². The highest BCUT2D eigenvalue weighted by molar-refractivity contribution is 6.07. The van der Waals surface area contributed by atoms with E-state index in [0.717, 1.165) is 36.0 Å². The summed E-state index contributed by atoms with van der Waals surface area (Å²) in [5.41, 5.74) is 8.46. The first kappa shape index (κ1) is 16.4. The SMILES string of the molecule is C[C@@H]1CCCN(C(=O)c2cc(-c3cnc(N)nc3)nc3ccccc23)C1. The number of fused-ring (bicyclic) bond motifs is 1. The molecule has 1 aliphatic heterocycles. The van der Waals surface area contributed by atoms with Crippen molar-refractivity contribution in [3.05, 3.63) is 48.3 Å². The molecular weight excluding hydrogens is 326 g/mol. The fourth-order valence-corrected chi connectivity index (χ4v) is 3.51. The lowest BCUT2D eigenvalue weighted by Gasteiger charge is -2.31. The molecule has 1 amide bonds. The first-order chi connectivity index (χ1) is 12.6. The van der Waals surface area contributed by atoms with Gasteiger partial charge in [0.05, 0.1) is 16.8 Å². The molecule has 3 aromatic rings. The Hall–Kier alpha value is -3.02. The van der Waals surface area contributed by atoms with Gasteiger partial charge in [-0.15, -0.1) is 0 Å². The normalized spacial score (nSPS) is 17.4. The van der Waals surface area contributed by atoms with Crippen LogP contribution in [0.3, 0.4) is 0 Å². The summed E-state index contributed by atoms with van der Waals surface area (Å²) in [4.78, 5) is 28.0. The van der Waals surface area contributed by atoms with Crippen LogP contribution in [-0.4, -0.2) is 38.8 Å². The fraction of sp³-hybridized carbons (Fsp3) is 0.300. The largest absolute Gasteiger partial charge is 0.368 e. The Morgan fingerprint density at radius 1 is 1.23 bits per heavy atom. The molecule has 1 aromatic carbocycles. The molecule has 0 bridgehead atoms. The summed E-state index contributed by atoms with van der Waals surface area (Å²) in [7, 11) is 0. The molecule has 1 atom stereocenters. The van der Waals surface area contributed by atoms with Crippen molar-refractivity contribution in [2.24, 2.45) is 5.92 Å². The second-order valence-corrected chi connectivity index (χ2v) is 6.90. The molecule has 0 saturated carbocycles. The van der Waals surface area contributed by atoms with Gasteiger partial charge >= 0.3 is 0 Å². The van der Waals surface area contributed by atoms with Gasteiger partial charge < -0.3 is 10.6 Å². The number of nitrogens with zero attached hydrogens (tertiary/aromatic N) is 4. The number of aromatic nitrogens is 3. The van der Waals surface area contributed by atoms with E-state index in [9.17, 15) is 4.79 Å². The van der Waals surface area contributed by atoms with Crippen LogP contribution in [0.1, 0.15) is 30.1 Å². The van der Waals surface area contributed by atoms with E-state index in [0.29, 0.717) is 17.2 Å². The van der Waals surface area contributed by atoms with Crippen molar-refractivity contribution in [3.8, 4) is 11.3 Å². The minimum absolute atomic E-state index is 0.0627. The highest BCUT2D eigenvalue weighted by Crippen LogP contribution is 2.27. The maximum atomic E-state index is 13.2. The van der Waals surface area contributed by atoms with Crippen molar-refractivity contribution in [1.29, 1.82) is 0 Å². The van der Waals surface area contributed by atoms with E-state index in [1.807, 2.05) is 35.2 Å². The molecule has 2 aromatic heterocycles. The van der Waals surface area contributed by atoms with Crippen molar-refractivity contribution in [2.45, 2.75) is 19.8 Å². The average Bonchev–Trinajstić information content (AvgIpc) is 2.67. The van der Waals surface area contributed by atoms with E-state index in [1.54, 1.807) is 12.4 Å². The molecule has 0 aliphatic carbocycles. The molecule has 1 saturated heterocycles. The lowest BCUT2D eigenvalue weighted by molar-refractivity contribution is 0.0685. The van der Waals surface area contributed by atoms with Gasteiger partial charge in [-0.3, -0.25) is 4.79 Å². The molecular formula is C20H21N5O. The zero-order chi connectivity index (χ0) is 18.1. The number of piperidine rings is 1. The number of nitrogen functional groups attached to an aromatic ring is 1. The number of carbonyl (C=O) groups excluding carboxylic acids is 1. The number of amides is 1. The van der Waals surface area contributed by atoms with Gasteiger partial charge in [0.15, 0.2) is 0 Å². The summed E-state index contributed by atoms with van der Waals surface area (Å²) < 4.78 is 0. The maximum Gasteiger partial charge on any atom is 0.254 e. The molecule has 3 heterocycles. The number of benzene rings is 1. The topological polar surface area (TPSA) is 85.0 Å². The first-order valence-electron chi connectivity index (χ1n) is 8.89. The van der Waals surface area contributed by atoms with Crippen molar-refractivity contribution < 1.29 is 4.79 Å². The Balaban J connectivity index is 1.82. The van der Waals surface area contributed by atoms with Gasteiger partial charge in [-0.2, -0.15) is 0 Å². The number of hydrogen-bond acceptors (Lipinski definition) is 5. The molecule has 0 spiro atoms. The van der Waals surface area contributed by atoms with Crippen LogP contribution in [-0.2, 0) is 0 Å². The van der Waals surface area contributed by atoms with Gasteiger partial charge in [0.2, 0.25) is 5.95 Å². The number of hydrogen-bond donors (Lipinski definition) is 1. The Morgan fingerprint density at radius 3 is 2.77 bits per heavy atom. The quantitative estimate of drug-likeness (QED) is 0.770. The molecule has 26 heavy (non-hydrogen) atoms. The Labute approximate surface area is 152 Å². The van der Waals surface area contributed by atoms with Gasteiger partial charge in [-0.1, -0.05) is 25.1 Å². The van der Waals surface area contributed by atoms with Gasteiger partial charge in [0.25, 0.3) is 5.91 Å². The third-order valence-electron chi connectivity index (χ3n) is 4.86. The zero-order valence-corrected chi connectivity index (χ0v) is 14.7. The van der Waals surface area contributed by atoms with E-state index < -0.39 is 0 Å². The van der Waals surface area contributed by atoms with Crippen LogP contribution in [0.25, 0.3) is 22.2 Å². The van der Waals surface area contributed by atoms with Gasteiger partial charge in [-0.05, 0) is 30.9 Å². The molecule has 6 heteroatoms. The number of carbonyl (C=O) groups is 1. The summed E-state index contributed by atoms with van der Waals surface area (Å²) in [5.74, 6) is 0.812. The van der Waals surface area contributed by atoms with Gasteiger partial charge in [-0.25, -0.2) is 15.0 Å². The predicted molar refractivity (Wildman–Crippen MR) is 101 cm³/mol. The molecule has 0 unspecified atom stereocenters. The molecule has 4 rings (SSSR count). The second kappa shape index (κ2) is 6.71. The molecule has 2 N–H and O–H groups in total. The van der Waals surface area contributed by atoms with E-state index in [1.165, 1.54) is 6.42 Å². The monoisotopic (exact) mass is 347 g/mol. The summed E-state index contributed by atoms with van der Waals surface area (Å²) in [5, 5.41) is 0.871. The van der Waals surface area contributed by atoms with Crippen LogP contribution in [0.2, 0.25) is 0 Å².